The van der Waals surface area contributed by atoms with Gasteiger partial charge < -0.3 is 16.4 Å². The molecule has 0 heterocycles. The molecule has 158 valence electrons. The molecule has 2 aromatic carbocycles. The molecular formula is C27H37N3+2. The molecule has 30 heavy (non-hydrogen) atoms. The number of allylic oxidation sites excluding steroid dienone is 4. The van der Waals surface area contributed by atoms with Gasteiger partial charge in [-0.25, -0.2) is 0 Å². The van der Waals surface area contributed by atoms with E-state index in [1.165, 1.54) is 16.8 Å². The molecule has 0 amide bonds. The topological polar surface area (TPSA) is 58.5 Å². The van der Waals surface area contributed by atoms with Crippen molar-refractivity contribution in [2.24, 2.45) is 11.3 Å². The molecule has 1 unspecified atom stereocenters. The molecule has 1 aliphatic rings. The number of quaternary nitrogens is 2. The lowest BCUT2D eigenvalue weighted by Crippen LogP contribution is -2.54. The summed E-state index contributed by atoms with van der Waals surface area (Å²) in [4.78, 5) is 2.16. The van der Waals surface area contributed by atoms with Gasteiger partial charge >= 0.3 is 0 Å². The molecule has 0 bridgehead atoms. The largest absolute Gasteiger partial charge is 0.358 e. The maximum Gasteiger partial charge on any atom is 0.0751 e. The van der Waals surface area contributed by atoms with Gasteiger partial charge in [0.2, 0.25) is 0 Å². The Balaban J connectivity index is 1.94. The first-order valence-electron chi connectivity index (χ1n) is 11.2. The van der Waals surface area contributed by atoms with Crippen LogP contribution in [0.3, 0.4) is 0 Å². The number of rotatable bonds is 10. The fourth-order valence-electron chi connectivity index (χ4n) is 4.65. The van der Waals surface area contributed by atoms with Crippen molar-refractivity contribution >= 4 is 5.69 Å². The summed E-state index contributed by atoms with van der Waals surface area (Å²) in [6.07, 6.45) is 13.7. The maximum atomic E-state index is 4.09. The summed E-state index contributed by atoms with van der Waals surface area (Å²) in [5.41, 5.74) is 12.2. The summed E-state index contributed by atoms with van der Waals surface area (Å²) in [6.45, 7) is 8.88. The van der Waals surface area contributed by atoms with E-state index in [2.05, 4.69) is 109 Å². The second-order valence-corrected chi connectivity index (χ2v) is 8.18. The Hall–Kier alpha value is -2.62. The average Bonchev–Trinajstić information content (AvgIpc) is 2.78. The molecule has 0 aromatic heterocycles. The third-order valence-electron chi connectivity index (χ3n) is 6.27. The molecule has 6 N–H and O–H groups in total. The van der Waals surface area contributed by atoms with Crippen LogP contribution in [0.15, 0.2) is 91.7 Å². The normalized spacial score (nSPS) is 16.4. The lowest BCUT2D eigenvalue weighted by atomic mass is 9.72. The number of hydrogen-bond acceptors (Lipinski definition) is 1. The SMILES string of the molecule is C=CN(CC)c1ccc(C(c2ccccc2)C2C=CC(CC[NH3+])(CC[NH3+])C=C2)cc1. The van der Waals surface area contributed by atoms with Crippen molar-refractivity contribution in [2.75, 3.05) is 24.5 Å². The molecule has 0 aliphatic heterocycles. The van der Waals surface area contributed by atoms with Crippen molar-refractivity contribution in [1.29, 1.82) is 0 Å². The highest BCUT2D eigenvalue weighted by Crippen LogP contribution is 2.41. The van der Waals surface area contributed by atoms with Gasteiger partial charge in [0.15, 0.2) is 0 Å². The summed E-state index contributed by atoms with van der Waals surface area (Å²) >= 11 is 0. The van der Waals surface area contributed by atoms with Crippen LogP contribution in [-0.4, -0.2) is 19.6 Å². The monoisotopic (exact) mass is 403 g/mol. The van der Waals surface area contributed by atoms with Crippen LogP contribution in [0.2, 0.25) is 0 Å². The van der Waals surface area contributed by atoms with E-state index in [1.807, 2.05) is 6.20 Å². The van der Waals surface area contributed by atoms with Crippen LogP contribution in [-0.2, 0) is 0 Å². The Morgan fingerprint density at radius 1 is 0.933 bits per heavy atom. The second-order valence-electron chi connectivity index (χ2n) is 8.18. The number of nitrogens with zero attached hydrogens (tertiary/aromatic N) is 1. The third kappa shape index (κ3) is 4.92. The van der Waals surface area contributed by atoms with Crippen LogP contribution in [0.5, 0.6) is 0 Å². The minimum atomic E-state index is 0.122. The summed E-state index contributed by atoms with van der Waals surface area (Å²) in [7, 11) is 0. The molecule has 3 rings (SSSR count). The van der Waals surface area contributed by atoms with E-state index in [0.717, 1.165) is 32.5 Å². The summed E-state index contributed by atoms with van der Waals surface area (Å²) in [5, 5.41) is 0. The van der Waals surface area contributed by atoms with E-state index in [1.54, 1.807) is 0 Å². The zero-order chi connectivity index (χ0) is 21.4. The fraction of sp³-hybridized carbons (Fsp3) is 0.333. The summed E-state index contributed by atoms with van der Waals surface area (Å²) < 4.78 is 0. The molecule has 0 spiro atoms. The lowest BCUT2D eigenvalue weighted by Gasteiger charge is -2.32. The van der Waals surface area contributed by atoms with E-state index < -0.39 is 0 Å². The quantitative estimate of drug-likeness (QED) is 0.583. The second kappa shape index (κ2) is 10.4. The van der Waals surface area contributed by atoms with E-state index >= 15 is 0 Å². The van der Waals surface area contributed by atoms with Crippen molar-refractivity contribution in [1.82, 2.24) is 0 Å². The standard InChI is InChI=1S/C27H35N3/c1-3-30(4-2)25-12-10-23(11-13-25)26(22-8-6-5-7-9-22)24-14-16-27(17-15-24,18-20-28)19-21-29/h3,5-17,24,26H,1,4,18-21,28-29H2,2H3/p+2. The molecule has 3 nitrogen and oxygen atoms in total. The van der Waals surface area contributed by atoms with E-state index in [-0.39, 0.29) is 5.41 Å². The number of anilines is 1. The highest BCUT2D eigenvalue weighted by Gasteiger charge is 2.30. The number of benzene rings is 2. The average molecular weight is 404 g/mol. The highest BCUT2D eigenvalue weighted by atomic mass is 15.1. The Morgan fingerprint density at radius 3 is 2.00 bits per heavy atom. The van der Waals surface area contributed by atoms with E-state index in [0.29, 0.717) is 11.8 Å². The molecule has 1 atom stereocenters. The third-order valence-corrected chi connectivity index (χ3v) is 6.27. The van der Waals surface area contributed by atoms with Crippen LogP contribution < -0.4 is 16.4 Å². The first kappa shape index (κ1) is 22.1. The summed E-state index contributed by atoms with van der Waals surface area (Å²) in [6, 6.07) is 19.8. The Bertz CT molecular complexity index is 829. The lowest BCUT2D eigenvalue weighted by molar-refractivity contribution is -0.379. The van der Waals surface area contributed by atoms with Crippen LogP contribution in [0.4, 0.5) is 5.69 Å². The first-order valence-corrected chi connectivity index (χ1v) is 11.2. The van der Waals surface area contributed by atoms with E-state index in [9.17, 15) is 0 Å². The molecule has 0 saturated carbocycles. The van der Waals surface area contributed by atoms with Gasteiger partial charge in [-0.15, -0.1) is 0 Å². The fourth-order valence-corrected chi connectivity index (χ4v) is 4.65. The molecule has 3 heteroatoms. The molecule has 0 radical (unpaired) electrons. The Kier molecular flexibility index (Phi) is 7.67. The van der Waals surface area contributed by atoms with Gasteiger partial charge in [-0.1, -0.05) is 73.3 Å². The van der Waals surface area contributed by atoms with Gasteiger partial charge in [-0.05, 0) is 36.4 Å². The van der Waals surface area contributed by atoms with Crippen molar-refractivity contribution in [3.63, 3.8) is 0 Å². The van der Waals surface area contributed by atoms with E-state index in [4.69, 9.17) is 0 Å². The zero-order valence-electron chi connectivity index (χ0n) is 18.3. The van der Waals surface area contributed by atoms with Crippen LogP contribution in [0.1, 0.15) is 36.8 Å². The predicted molar refractivity (Wildman–Crippen MR) is 127 cm³/mol. The van der Waals surface area contributed by atoms with Crippen molar-refractivity contribution in [3.05, 3.63) is 103 Å². The summed E-state index contributed by atoms with van der Waals surface area (Å²) in [5.74, 6) is 0.631. The van der Waals surface area contributed by atoms with Crippen LogP contribution in [0.25, 0.3) is 0 Å². The molecule has 2 aromatic rings. The number of hydrogen-bond donors (Lipinski definition) is 2. The minimum Gasteiger partial charge on any atom is -0.358 e. The van der Waals surface area contributed by atoms with Crippen molar-refractivity contribution in [2.45, 2.75) is 25.7 Å². The van der Waals surface area contributed by atoms with Gasteiger partial charge in [-0.2, -0.15) is 0 Å². The predicted octanol–water partition coefficient (Wildman–Crippen LogP) is 3.78. The smallest absolute Gasteiger partial charge is 0.0751 e. The Morgan fingerprint density at radius 2 is 1.50 bits per heavy atom. The molecular weight excluding hydrogens is 366 g/mol. The minimum absolute atomic E-state index is 0.122. The van der Waals surface area contributed by atoms with Crippen molar-refractivity contribution in [3.8, 4) is 0 Å². The zero-order valence-corrected chi connectivity index (χ0v) is 18.3. The highest BCUT2D eigenvalue weighted by molar-refractivity contribution is 5.51. The maximum absolute atomic E-state index is 4.09. The molecule has 0 fully saturated rings. The Labute approximate surface area is 181 Å². The van der Waals surface area contributed by atoms with Gasteiger partial charge in [-0.3, -0.25) is 0 Å². The van der Waals surface area contributed by atoms with Gasteiger partial charge in [0, 0.05) is 42.3 Å². The molecule has 0 saturated heterocycles. The van der Waals surface area contributed by atoms with Gasteiger partial charge in [0.05, 0.1) is 13.1 Å². The van der Waals surface area contributed by atoms with Crippen molar-refractivity contribution < 1.29 is 11.5 Å². The molecule has 1 aliphatic carbocycles. The first-order chi connectivity index (χ1) is 14.7. The van der Waals surface area contributed by atoms with Gasteiger partial charge in [0.1, 0.15) is 0 Å². The van der Waals surface area contributed by atoms with Crippen LogP contribution >= 0.6 is 0 Å². The van der Waals surface area contributed by atoms with Crippen LogP contribution in [0, 0.1) is 11.3 Å². The van der Waals surface area contributed by atoms with Gasteiger partial charge in [0.25, 0.3) is 0 Å².